The quantitative estimate of drug-likeness (QED) is 0.712. The van der Waals surface area contributed by atoms with Crippen LogP contribution in [0.5, 0.6) is 0 Å². The maximum absolute atomic E-state index is 5.57. The minimum absolute atomic E-state index is 0.606. The fourth-order valence-corrected chi connectivity index (χ4v) is 3.50. The van der Waals surface area contributed by atoms with Crippen molar-refractivity contribution >= 4 is 5.95 Å². The molecule has 25 heavy (non-hydrogen) atoms. The van der Waals surface area contributed by atoms with E-state index in [2.05, 4.69) is 31.6 Å². The first-order valence-electron chi connectivity index (χ1n) is 8.97. The lowest BCUT2D eigenvalue weighted by Crippen LogP contribution is -2.37. The Balaban J connectivity index is 1.72. The third kappa shape index (κ3) is 3.29. The zero-order valence-electron chi connectivity index (χ0n) is 14.5. The molecule has 1 aliphatic heterocycles. The van der Waals surface area contributed by atoms with Gasteiger partial charge in [0.15, 0.2) is 5.82 Å². The highest BCUT2D eigenvalue weighted by Gasteiger charge is 2.25. The van der Waals surface area contributed by atoms with E-state index < -0.39 is 0 Å². The molecule has 130 valence electrons. The van der Waals surface area contributed by atoms with E-state index in [4.69, 9.17) is 4.42 Å². The summed E-state index contributed by atoms with van der Waals surface area (Å²) in [5, 5.41) is 8.98. The van der Waals surface area contributed by atoms with Crippen LogP contribution in [0.4, 0.5) is 5.95 Å². The molecule has 4 heterocycles. The van der Waals surface area contributed by atoms with Gasteiger partial charge in [-0.15, -0.1) is 10.2 Å². The van der Waals surface area contributed by atoms with Crippen molar-refractivity contribution in [3.8, 4) is 11.5 Å². The molecule has 0 spiro atoms. The van der Waals surface area contributed by atoms with Gasteiger partial charge in [-0.1, -0.05) is 19.4 Å². The van der Waals surface area contributed by atoms with E-state index in [9.17, 15) is 0 Å². The van der Waals surface area contributed by atoms with Gasteiger partial charge in [-0.25, -0.2) is 0 Å². The number of aromatic nitrogens is 4. The van der Waals surface area contributed by atoms with Gasteiger partial charge in [0.2, 0.25) is 5.95 Å². The zero-order chi connectivity index (χ0) is 17.1. The fourth-order valence-electron chi connectivity index (χ4n) is 3.50. The van der Waals surface area contributed by atoms with Crippen LogP contribution in [0.25, 0.3) is 11.5 Å². The summed E-state index contributed by atoms with van der Waals surface area (Å²) in [6.07, 6.45) is 7.19. The molecule has 6 nitrogen and oxygen atoms in total. The number of nitrogens with zero attached hydrogens (tertiary/aromatic N) is 5. The largest absolute Gasteiger partial charge is 0.467 e. The lowest BCUT2D eigenvalue weighted by molar-refractivity contribution is 0.397. The van der Waals surface area contributed by atoms with Crippen molar-refractivity contribution in [2.45, 2.75) is 32.7 Å². The summed E-state index contributed by atoms with van der Waals surface area (Å²) in [7, 11) is 0. The second-order valence-corrected chi connectivity index (χ2v) is 6.57. The Morgan fingerprint density at radius 3 is 2.92 bits per heavy atom. The Bertz CT molecular complexity index is 797. The Labute approximate surface area is 147 Å². The van der Waals surface area contributed by atoms with Crippen molar-refractivity contribution in [2.75, 3.05) is 18.0 Å². The minimum atomic E-state index is 0.606. The molecule has 0 saturated carbocycles. The molecule has 3 aromatic rings. The molecule has 0 amide bonds. The highest BCUT2D eigenvalue weighted by Crippen LogP contribution is 2.27. The van der Waals surface area contributed by atoms with Crippen molar-refractivity contribution in [2.24, 2.45) is 5.92 Å². The van der Waals surface area contributed by atoms with Crippen LogP contribution in [0.2, 0.25) is 0 Å². The van der Waals surface area contributed by atoms with Gasteiger partial charge in [-0.2, -0.15) is 0 Å². The van der Waals surface area contributed by atoms with E-state index in [1.807, 2.05) is 30.3 Å². The van der Waals surface area contributed by atoms with Crippen LogP contribution in [-0.2, 0) is 6.54 Å². The van der Waals surface area contributed by atoms with E-state index in [1.54, 1.807) is 12.5 Å². The molecule has 1 unspecified atom stereocenters. The molecule has 4 rings (SSSR count). The first kappa shape index (κ1) is 15.9. The number of anilines is 1. The number of pyridine rings is 1. The van der Waals surface area contributed by atoms with Gasteiger partial charge in [-0.05, 0) is 43.0 Å². The summed E-state index contributed by atoms with van der Waals surface area (Å²) in [4.78, 5) is 6.82. The van der Waals surface area contributed by atoms with Gasteiger partial charge in [-0.3, -0.25) is 9.55 Å². The Morgan fingerprint density at radius 2 is 2.16 bits per heavy atom. The predicted octanol–water partition coefficient (Wildman–Crippen LogP) is 3.61. The van der Waals surface area contributed by atoms with E-state index in [0.717, 1.165) is 42.2 Å². The minimum Gasteiger partial charge on any atom is -0.467 e. The van der Waals surface area contributed by atoms with E-state index in [1.165, 1.54) is 19.3 Å². The van der Waals surface area contributed by atoms with Gasteiger partial charge in [0.25, 0.3) is 0 Å². The van der Waals surface area contributed by atoms with Crippen LogP contribution in [-0.4, -0.2) is 32.8 Å². The number of hydrogen-bond acceptors (Lipinski definition) is 5. The number of hydrogen-bond donors (Lipinski definition) is 0. The maximum atomic E-state index is 5.57. The Morgan fingerprint density at radius 1 is 1.20 bits per heavy atom. The second kappa shape index (κ2) is 7.09. The number of rotatable bonds is 5. The topological polar surface area (TPSA) is 60.0 Å². The molecule has 0 aromatic carbocycles. The van der Waals surface area contributed by atoms with Crippen molar-refractivity contribution in [1.82, 2.24) is 19.7 Å². The molecule has 0 N–H and O–H groups in total. The Kier molecular flexibility index (Phi) is 4.50. The highest BCUT2D eigenvalue weighted by atomic mass is 16.3. The summed E-state index contributed by atoms with van der Waals surface area (Å²) >= 11 is 0. The second-order valence-electron chi connectivity index (χ2n) is 6.57. The fraction of sp³-hybridized carbons (Fsp3) is 0.421. The Hall–Kier alpha value is -2.63. The van der Waals surface area contributed by atoms with Gasteiger partial charge >= 0.3 is 0 Å². The third-order valence-electron chi connectivity index (χ3n) is 4.90. The van der Waals surface area contributed by atoms with Gasteiger partial charge < -0.3 is 9.32 Å². The first-order valence-corrected chi connectivity index (χ1v) is 8.97. The van der Waals surface area contributed by atoms with E-state index >= 15 is 0 Å². The molecule has 1 aliphatic rings. The molecular formula is C19H23N5O. The molecule has 1 fully saturated rings. The van der Waals surface area contributed by atoms with Crippen LogP contribution in [0.1, 0.15) is 31.9 Å². The summed E-state index contributed by atoms with van der Waals surface area (Å²) in [6.45, 7) is 4.93. The molecule has 1 saturated heterocycles. The SMILES string of the molecule is CCC1CCCN(c2nnc(-c3ccccn3)n2Cc2ccco2)C1. The average molecular weight is 337 g/mol. The van der Waals surface area contributed by atoms with Crippen LogP contribution < -0.4 is 4.90 Å². The van der Waals surface area contributed by atoms with Crippen LogP contribution >= 0.6 is 0 Å². The van der Waals surface area contributed by atoms with Gasteiger partial charge in [0.05, 0.1) is 12.8 Å². The predicted molar refractivity (Wildman–Crippen MR) is 96.3 cm³/mol. The molecule has 0 bridgehead atoms. The summed E-state index contributed by atoms with van der Waals surface area (Å²) < 4.78 is 7.69. The summed E-state index contributed by atoms with van der Waals surface area (Å²) in [5.74, 6) is 3.31. The van der Waals surface area contributed by atoms with E-state index in [-0.39, 0.29) is 0 Å². The molecular weight excluding hydrogens is 314 g/mol. The lowest BCUT2D eigenvalue weighted by Gasteiger charge is -2.33. The van der Waals surface area contributed by atoms with Crippen molar-refractivity contribution in [3.05, 3.63) is 48.6 Å². The normalized spacial score (nSPS) is 17.8. The van der Waals surface area contributed by atoms with Crippen molar-refractivity contribution < 1.29 is 4.42 Å². The molecule has 0 aliphatic carbocycles. The van der Waals surface area contributed by atoms with Crippen LogP contribution in [0, 0.1) is 5.92 Å². The monoisotopic (exact) mass is 337 g/mol. The molecule has 6 heteroatoms. The molecule has 0 radical (unpaired) electrons. The lowest BCUT2D eigenvalue weighted by atomic mass is 9.96. The first-order chi connectivity index (χ1) is 12.3. The molecule has 1 atom stereocenters. The third-order valence-corrected chi connectivity index (χ3v) is 4.90. The summed E-state index contributed by atoms with van der Waals surface area (Å²) in [5.41, 5.74) is 0.830. The van der Waals surface area contributed by atoms with Gasteiger partial charge in [0, 0.05) is 19.3 Å². The zero-order valence-corrected chi connectivity index (χ0v) is 14.5. The summed E-state index contributed by atoms with van der Waals surface area (Å²) in [6, 6.07) is 9.75. The van der Waals surface area contributed by atoms with E-state index in [0.29, 0.717) is 6.54 Å². The average Bonchev–Trinajstić information content (AvgIpc) is 3.33. The molecule has 3 aromatic heterocycles. The smallest absolute Gasteiger partial charge is 0.228 e. The van der Waals surface area contributed by atoms with Gasteiger partial charge in [0.1, 0.15) is 11.5 Å². The number of piperidine rings is 1. The van der Waals surface area contributed by atoms with Crippen LogP contribution in [0.3, 0.4) is 0 Å². The highest BCUT2D eigenvalue weighted by molar-refractivity contribution is 5.53. The van der Waals surface area contributed by atoms with Crippen LogP contribution in [0.15, 0.2) is 47.2 Å². The van der Waals surface area contributed by atoms with Crippen molar-refractivity contribution in [1.29, 1.82) is 0 Å². The standard InChI is InChI=1S/C19H23N5O/c1-2-15-7-5-11-23(13-15)19-22-21-18(17-9-3-4-10-20-17)24(19)14-16-8-6-12-25-16/h3-4,6,8-10,12,15H,2,5,7,11,13-14H2,1H3. The van der Waals surface area contributed by atoms with Crippen molar-refractivity contribution in [3.63, 3.8) is 0 Å². The number of furan rings is 1. The maximum Gasteiger partial charge on any atom is 0.228 e.